The number of cyclic esters (lactones) is 1. The number of amides is 4. The van der Waals surface area contributed by atoms with Crippen molar-refractivity contribution >= 4 is 35.5 Å². The number of ether oxygens (including phenoxy) is 3. The summed E-state index contributed by atoms with van der Waals surface area (Å²) in [5, 5.41) is 12.7. The minimum absolute atomic E-state index is 0.0933. The van der Waals surface area contributed by atoms with E-state index in [1.54, 1.807) is 56.3 Å². The van der Waals surface area contributed by atoms with Gasteiger partial charge in [-0.1, -0.05) is 135 Å². The molecule has 2 fully saturated rings. The second-order valence-corrected chi connectivity index (χ2v) is 17.3. The minimum atomic E-state index is -2.15. The molecule has 0 bridgehead atoms. The lowest BCUT2D eigenvalue weighted by Gasteiger charge is -2.46. The van der Waals surface area contributed by atoms with Crippen molar-refractivity contribution < 1.29 is 43.3 Å². The lowest BCUT2D eigenvalue weighted by Crippen LogP contribution is -2.57. The van der Waals surface area contributed by atoms with E-state index in [0.29, 0.717) is 35.3 Å². The highest BCUT2D eigenvalue weighted by Gasteiger charge is 2.75. The molecule has 3 aliphatic heterocycles. The summed E-state index contributed by atoms with van der Waals surface area (Å²) in [5.41, 5.74) is 7.98. The zero-order valence-corrected chi connectivity index (χ0v) is 37.7. The summed E-state index contributed by atoms with van der Waals surface area (Å²) >= 11 is 0. The van der Waals surface area contributed by atoms with Gasteiger partial charge in [-0.25, -0.2) is 14.5 Å². The predicted octanol–water partition coefficient (Wildman–Crippen LogP) is 5.60. The third-order valence-corrected chi connectivity index (χ3v) is 12.8. The van der Waals surface area contributed by atoms with E-state index in [2.05, 4.69) is 22.1 Å². The molecule has 344 valence electrons. The van der Waals surface area contributed by atoms with Crippen molar-refractivity contribution in [2.45, 2.75) is 56.1 Å². The van der Waals surface area contributed by atoms with Crippen molar-refractivity contribution in [3.8, 4) is 17.6 Å². The number of benzene rings is 5. The van der Waals surface area contributed by atoms with Gasteiger partial charge < -0.3 is 30.4 Å². The molecular formula is C53H53N5O9. The zero-order valence-electron chi connectivity index (χ0n) is 37.7. The SMILES string of the molecule is COC(=O)[C@@H](NC(=O)N1C(=O)[C@@]2(c3cc(C#CCN(C)Cc4ccccc4)ccc31)[C@H](c1ccccc1OCCO)N1[C@H](c3ccccc3)[C@H](c3ccccc3)OC(=O)[C@H]1[C@@H]2C(N)=O)C(C)C. The van der Waals surface area contributed by atoms with E-state index in [4.69, 9.17) is 19.9 Å². The van der Waals surface area contributed by atoms with Gasteiger partial charge in [0.25, 0.3) is 0 Å². The summed E-state index contributed by atoms with van der Waals surface area (Å²) in [7, 11) is 3.15. The summed E-state index contributed by atoms with van der Waals surface area (Å²) in [4.78, 5) is 78.8. The number of imide groups is 1. The molecule has 0 saturated carbocycles. The van der Waals surface area contributed by atoms with Crippen molar-refractivity contribution in [1.82, 2.24) is 15.1 Å². The molecule has 4 N–H and O–H groups in total. The van der Waals surface area contributed by atoms with E-state index < -0.39 is 77.3 Å². The summed E-state index contributed by atoms with van der Waals surface area (Å²) in [6.07, 6.45) is -0.962. The number of nitrogens with one attached hydrogen (secondary N) is 1. The third kappa shape index (κ3) is 8.53. The molecule has 7 atom stereocenters. The molecule has 4 amide bonds. The number of morpholine rings is 1. The van der Waals surface area contributed by atoms with Crippen LogP contribution in [0.3, 0.4) is 0 Å². The number of para-hydroxylation sites is 1. The van der Waals surface area contributed by atoms with Crippen LogP contribution in [0.25, 0.3) is 0 Å². The van der Waals surface area contributed by atoms with Gasteiger partial charge in [-0.3, -0.25) is 24.2 Å². The summed E-state index contributed by atoms with van der Waals surface area (Å²) in [5.74, 6) is 1.21. The third-order valence-electron chi connectivity index (χ3n) is 12.8. The molecule has 5 aromatic rings. The van der Waals surface area contributed by atoms with Gasteiger partial charge >= 0.3 is 18.0 Å². The number of nitrogens with two attached hydrogens (primary N) is 1. The highest BCUT2D eigenvalue weighted by Crippen LogP contribution is 2.66. The normalized spacial score (nSPS) is 22.4. The fraction of sp³-hybridized carbons (Fsp3) is 0.302. The Balaban J connectivity index is 1.40. The van der Waals surface area contributed by atoms with Gasteiger partial charge in [0.2, 0.25) is 11.8 Å². The van der Waals surface area contributed by atoms with E-state index in [-0.39, 0.29) is 30.2 Å². The maximum absolute atomic E-state index is 16.3. The number of hydrogen-bond donors (Lipinski definition) is 3. The molecule has 14 nitrogen and oxygen atoms in total. The first-order valence-corrected chi connectivity index (χ1v) is 22.2. The molecule has 14 heteroatoms. The van der Waals surface area contributed by atoms with Gasteiger partial charge in [-0.2, -0.15) is 0 Å². The van der Waals surface area contributed by atoms with Crippen molar-refractivity contribution in [2.24, 2.45) is 17.6 Å². The average molecular weight is 904 g/mol. The number of methoxy groups -OCH3 is 1. The maximum atomic E-state index is 16.3. The lowest BCUT2D eigenvalue weighted by molar-refractivity contribution is -0.178. The van der Waals surface area contributed by atoms with Gasteiger partial charge in [0.15, 0.2) is 0 Å². The fourth-order valence-corrected chi connectivity index (χ4v) is 10.0. The number of nitrogens with zero attached hydrogens (tertiary/aromatic N) is 3. The number of esters is 2. The Bertz CT molecular complexity index is 2710. The monoisotopic (exact) mass is 903 g/mol. The summed E-state index contributed by atoms with van der Waals surface area (Å²) in [6.45, 7) is 3.99. The molecule has 3 heterocycles. The number of fused-ring (bicyclic) bond motifs is 3. The van der Waals surface area contributed by atoms with Gasteiger partial charge in [0.1, 0.15) is 36.0 Å². The van der Waals surface area contributed by atoms with E-state index in [1.165, 1.54) is 7.11 Å². The molecule has 1 spiro atoms. The van der Waals surface area contributed by atoms with Gasteiger partial charge in [-0.15, -0.1) is 0 Å². The molecular weight excluding hydrogens is 851 g/mol. The van der Waals surface area contributed by atoms with Crippen LogP contribution in [-0.2, 0) is 40.6 Å². The number of carbonyl (C=O) groups is 5. The quantitative estimate of drug-likeness (QED) is 0.0989. The Morgan fingerprint density at radius 2 is 1.52 bits per heavy atom. The van der Waals surface area contributed by atoms with Gasteiger partial charge in [-0.05, 0) is 59.5 Å². The largest absolute Gasteiger partial charge is 0.491 e. The predicted molar refractivity (Wildman–Crippen MR) is 249 cm³/mol. The number of aliphatic hydroxyl groups excluding tert-OH is 1. The Kier molecular flexibility index (Phi) is 13.6. The van der Waals surface area contributed by atoms with Gasteiger partial charge in [0, 0.05) is 17.7 Å². The maximum Gasteiger partial charge on any atom is 0.329 e. The average Bonchev–Trinajstić information content (AvgIpc) is 3.79. The Labute approximate surface area is 389 Å². The van der Waals surface area contributed by atoms with Gasteiger partial charge in [0.05, 0.1) is 44.0 Å². The van der Waals surface area contributed by atoms with Crippen LogP contribution in [-0.4, -0.2) is 90.7 Å². The highest BCUT2D eigenvalue weighted by atomic mass is 16.6. The zero-order chi connectivity index (χ0) is 47.4. The second kappa shape index (κ2) is 19.7. The van der Waals surface area contributed by atoms with E-state index in [0.717, 1.165) is 10.5 Å². The van der Waals surface area contributed by atoms with Crippen LogP contribution in [0.2, 0.25) is 0 Å². The molecule has 0 aromatic heterocycles. The summed E-state index contributed by atoms with van der Waals surface area (Å²) < 4.78 is 17.7. The number of hydrogen-bond acceptors (Lipinski definition) is 11. The molecule has 0 aliphatic carbocycles. The minimum Gasteiger partial charge on any atom is -0.491 e. The smallest absolute Gasteiger partial charge is 0.329 e. The van der Waals surface area contributed by atoms with Crippen LogP contribution in [0.15, 0.2) is 133 Å². The van der Waals surface area contributed by atoms with Crippen LogP contribution < -0.4 is 20.7 Å². The highest BCUT2D eigenvalue weighted by molar-refractivity contribution is 6.25. The molecule has 0 unspecified atom stereocenters. The molecule has 67 heavy (non-hydrogen) atoms. The first kappa shape index (κ1) is 46.2. The molecule has 0 radical (unpaired) electrons. The van der Waals surface area contributed by atoms with Crippen LogP contribution in [0.1, 0.15) is 65.4 Å². The number of carbonyl (C=O) groups excluding carboxylic acids is 5. The fourth-order valence-electron chi connectivity index (χ4n) is 10.0. The first-order valence-electron chi connectivity index (χ1n) is 22.2. The molecule has 5 aromatic carbocycles. The number of primary amides is 1. The van der Waals surface area contributed by atoms with Crippen LogP contribution >= 0.6 is 0 Å². The Morgan fingerprint density at radius 3 is 2.16 bits per heavy atom. The second-order valence-electron chi connectivity index (χ2n) is 17.3. The lowest BCUT2D eigenvalue weighted by atomic mass is 9.65. The Hall–Kier alpha value is -7.31. The van der Waals surface area contributed by atoms with Crippen molar-refractivity contribution in [3.05, 3.63) is 167 Å². The number of urea groups is 1. The molecule has 3 aliphatic rings. The number of aliphatic hydroxyl groups is 1. The van der Waals surface area contributed by atoms with E-state index in [9.17, 15) is 19.5 Å². The molecule has 8 rings (SSSR count). The Morgan fingerprint density at radius 1 is 0.881 bits per heavy atom. The van der Waals surface area contributed by atoms with Crippen molar-refractivity contribution in [1.29, 1.82) is 0 Å². The standard InChI is InChI=1S/C53H53N5O9/c1-33(2)43(49(61)65-4)55-52(64)57-40-27-26-34(19-16-28-56(3)32-35-17-8-5-9-18-35)31-39(40)53(51(57)63)42(48(54)60)45-50(62)67-46(37-22-12-7-13-23-37)44(36-20-10-6-11-21-36)58(45)47(53)38-24-14-15-25-41(38)66-30-29-59/h5-15,17-18,20-27,31,33,42-47,59H,28-30,32H2,1-4H3,(H2,54,60)(H,55,64)/t42-,43+,44-,45-,46+,47+,53-/m1/s1. The summed E-state index contributed by atoms with van der Waals surface area (Å²) in [6, 6.07) is 34.6. The van der Waals surface area contributed by atoms with E-state index >= 15 is 9.59 Å². The number of anilines is 1. The first-order chi connectivity index (χ1) is 32.4. The topological polar surface area (TPSA) is 181 Å². The van der Waals surface area contributed by atoms with E-state index in [1.807, 2.05) is 103 Å². The van der Waals surface area contributed by atoms with Crippen LogP contribution in [0, 0.1) is 23.7 Å². The van der Waals surface area contributed by atoms with Crippen molar-refractivity contribution in [3.63, 3.8) is 0 Å². The van der Waals surface area contributed by atoms with Crippen LogP contribution in [0.4, 0.5) is 10.5 Å². The molecule has 2 saturated heterocycles. The number of rotatable bonds is 13. The van der Waals surface area contributed by atoms with Crippen LogP contribution in [0.5, 0.6) is 5.75 Å². The van der Waals surface area contributed by atoms with Crippen molar-refractivity contribution in [2.75, 3.05) is 38.8 Å².